The van der Waals surface area contributed by atoms with Crippen LogP contribution in [0, 0.1) is 0 Å². The average Bonchev–Trinajstić information content (AvgIpc) is 3.89. The van der Waals surface area contributed by atoms with Crippen molar-refractivity contribution in [1.29, 1.82) is 0 Å². The number of nitrogens with zero attached hydrogens (tertiary/aromatic N) is 3. The third-order valence-electron chi connectivity index (χ3n) is 9.98. The number of morpholine rings is 1. The maximum Gasteiger partial charge on any atom is 0.416 e. The monoisotopic (exact) mass is 678 g/mol. The van der Waals surface area contributed by atoms with Crippen molar-refractivity contribution in [2.45, 2.75) is 50.0 Å². The summed E-state index contributed by atoms with van der Waals surface area (Å²) in [6.45, 7) is 5.20. The molecule has 1 aliphatic carbocycles. The number of carbonyl (C=O) groups excluding carboxylic acids is 1. The number of amides is 1. The minimum Gasteiger partial charge on any atom is -0.495 e. The van der Waals surface area contributed by atoms with E-state index in [4.69, 9.17) is 26.1 Å². The Morgan fingerprint density at radius 1 is 1.02 bits per heavy atom. The second kappa shape index (κ2) is 13.3. The van der Waals surface area contributed by atoms with E-state index < -0.39 is 17.3 Å². The maximum atomic E-state index is 14.7. The summed E-state index contributed by atoms with van der Waals surface area (Å²) in [4.78, 5) is 24.4. The summed E-state index contributed by atoms with van der Waals surface area (Å²) in [5, 5.41) is 4.15. The fourth-order valence-corrected chi connectivity index (χ4v) is 7.45. The number of alkyl halides is 3. The second-order valence-corrected chi connectivity index (χ2v) is 13.4. The van der Waals surface area contributed by atoms with E-state index in [1.54, 1.807) is 18.2 Å². The summed E-state index contributed by atoms with van der Waals surface area (Å²) >= 11 is 6.55. The lowest BCUT2D eigenvalue weighted by molar-refractivity contribution is -0.137. The third-order valence-corrected chi connectivity index (χ3v) is 10.3. The van der Waals surface area contributed by atoms with Crippen molar-refractivity contribution in [1.82, 2.24) is 20.1 Å². The molecule has 1 N–H and O–H groups in total. The number of fused-ring (bicyclic) bond motifs is 1. The van der Waals surface area contributed by atoms with Gasteiger partial charge in [-0.3, -0.25) is 14.6 Å². The van der Waals surface area contributed by atoms with Crippen molar-refractivity contribution in [3.63, 3.8) is 0 Å². The van der Waals surface area contributed by atoms with Gasteiger partial charge < -0.3 is 14.8 Å². The Balaban J connectivity index is 1.35. The van der Waals surface area contributed by atoms with Crippen LogP contribution in [0.2, 0.25) is 5.02 Å². The quantitative estimate of drug-likeness (QED) is 0.211. The molecule has 7 nitrogen and oxygen atoms in total. The summed E-state index contributed by atoms with van der Waals surface area (Å²) in [5.74, 6) is 0.0767. The minimum absolute atomic E-state index is 0.287. The van der Waals surface area contributed by atoms with Gasteiger partial charge in [0.2, 0.25) is 0 Å². The molecular formula is C37H38ClF3N4O3. The number of halogens is 4. The molecule has 1 saturated carbocycles. The number of carbonyl (C=O) groups is 1. The zero-order valence-electron chi connectivity index (χ0n) is 26.8. The number of nitrogens with one attached hydrogen (secondary N) is 1. The van der Waals surface area contributed by atoms with Crippen molar-refractivity contribution in [2.24, 2.45) is 0 Å². The van der Waals surface area contributed by atoms with Gasteiger partial charge in [-0.15, -0.1) is 0 Å². The van der Waals surface area contributed by atoms with Crippen LogP contribution in [0.5, 0.6) is 5.75 Å². The van der Waals surface area contributed by atoms with Crippen LogP contribution in [-0.4, -0.2) is 73.2 Å². The van der Waals surface area contributed by atoms with Crippen LogP contribution in [0.1, 0.15) is 52.7 Å². The molecule has 48 heavy (non-hydrogen) atoms. The number of piperidine rings is 1. The summed E-state index contributed by atoms with van der Waals surface area (Å²) in [7, 11) is 1.51. The van der Waals surface area contributed by atoms with E-state index in [-0.39, 0.29) is 11.5 Å². The lowest BCUT2D eigenvalue weighted by Crippen LogP contribution is -2.48. The Morgan fingerprint density at radius 2 is 1.75 bits per heavy atom. The van der Waals surface area contributed by atoms with E-state index in [1.807, 2.05) is 30.3 Å². The van der Waals surface area contributed by atoms with Crippen LogP contribution < -0.4 is 10.1 Å². The maximum absolute atomic E-state index is 14.7. The molecule has 0 spiro atoms. The van der Waals surface area contributed by atoms with Gasteiger partial charge in [-0.2, -0.15) is 13.2 Å². The van der Waals surface area contributed by atoms with E-state index in [0.29, 0.717) is 51.1 Å². The number of hydrogen-bond donors (Lipinski definition) is 1. The molecule has 2 aliphatic heterocycles. The van der Waals surface area contributed by atoms with Crippen molar-refractivity contribution < 1.29 is 27.4 Å². The van der Waals surface area contributed by atoms with Crippen molar-refractivity contribution in [3.8, 4) is 17.0 Å². The summed E-state index contributed by atoms with van der Waals surface area (Å²) in [6, 6.07) is 18.8. The normalized spacial score (nSPS) is 18.9. The number of likely N-dealkylation sites (tertiary alicyclic amines) is 1. The summed E-state index contributed by atoms with van der Waals surface area (Å²) in [6.07, 6.45) is -1.08. The van der Waals surface area contributed by atoms with Crippen LogP contribution >= 0.6 is 11.6 Å². The largest absolute Gasteiger partial charge is 0.495 e. The Bertz CT molecular complexity index is 1800. The van der Waals surface area contributed by atoms with Gasteiger partial charge in [0.1, 0.15) is 5.75 Å². The molecule has 11 heteroatoms. The van der Waals surface area contributed by atoms with Crippen molar-refractivity contribution in [2.75, 3.05) is 46.5 Å². The Morgan fingerprint density at radius 3 is 2.42 bits per heavy atom. The van der Waals surface area contributed by atoms with Gasteiger partial charge in [0.15, 0.2) is 0 Å². The smallest absolute Gasteiger partial charge is 0.416 e. The molecule has 252 valence electrons. The molecule has 0 unspecified atom stereocenters. The molecule has 1 amide bonds. The molecule has 3 heterocycles. The van der Waals surface area contributed by atoms with Crippen molar-refractivity contribution in [3.05, 3.63) is 94.0 Å². The minimum atomic E-state index is -4.54. The SMILES string of the molecule is COc1cc2c(C(=O)NC3(c4ccccc4)CC3)c(CN3CCC(N4CCOCC4)CC3)c(-c3cccc(C(F)(F)F)c3)nc2cc1Cl. The molecule has 3 aromatic carbocycles. The van der Waals surface area contributed by atoms with E-state index in [1.165, 1.54) is 13.2 Å². The van der Waals surface area contributed by atoms with Crippen LogP contribution in [0.15, 0.2) is 66.7 Å². The van der Waals surface area contributed by atoms with Crippen LogP contribution in [0.25, 0.3) is 22.2 Å². The van der Waals surface area contributed by atoms with E-state index in [2.05, 4.69) is 15.1 Å². The topological polar surface area (TPSA) is 66.9 Å². The molecule has 0 atom stereocenters. The Labute approximate surface area is 283 Å². The molecule has 3 fully saturated rings. The number of pyridine rings is 1. The third kappa shape index (κ3) is 6.63. The van der Waals surface area contributed by atoms with E-state index in [0.717, 1.165) is 82.8 Å². The molecular weight excluding hydrogens is 641 g/mol. The van der Waals surface area contributed by atoms with Crippen LogP contribution in [0.4, 0.5) is 13.2 Å². The molecule has 3 aliphatic rings. The fraction of sp³-hybridized carbons (Fsp3) is 0.405. The fourth-order valence-electron chi connectivity index (χ4n) is 7.21. The first kappa shape index (κ1) is 32.8. The van der Waals surface area contributed by atoms with Crippen LogP contribution in [0.3, 0.4) is 0 Å². The predicted molar refractivity (Wildman–Crippen MR) is 179 cm³/mol. The highest BCUT2D eigenvalue weighted by Crippen LogP contribution is 2.46. The zero-order chi connectivity index (χ0) is 33.5. The lowest BCUT2D eigenvalue weighted by Gasteiger charge is -2.40. The number of aromatic nitrogens is 1. The summed E-state index contributed by atoms with van der Waals surface area (Å²) < 4.78 is 53.0. The number of methoxy groups -OCH3 is 1. The highest BCUT2D eigenvalue weighted by molar-refractivity contribution is 6.33. The van der Waals surface area contributed by atoms with Gasteiger partial charge in [-0.25, -0.2) is 4.98 Å². The first-order valence-corrected chi connectivity index (χ1v) is 16.8. The molecule has 2 saturated heterocycles. The van der Waals surface area contributed by atoms with Crippen LogP contribution in [-0.2, 0) is 23.0 Å². The molecule has 4 aromatic rings. The average molecular weight is 679 g/mol. The van der Waals surface area contributed by atoms with E-state index >= 15 is 0 Å². The number of ether oxygens (including phenoxy) is 2. The summed E-state index contributed by atoms with van der Waals surface area (Å²) in [5.41, 5.74) is 1.69. The van der Waals surface area contributed by atoms with Gasteiger partial charge in [0.25, 0.3) is 5.91 Å². The standard InChI is InChI=1S/C37H38ClF3N4O3/c1-47-32-21-28-31(22-30(32)38)42-34(24-6-5-9-26(20-24)37(39,40)41)29(23-44-14-10-27(11-15-44)45-16-18-48-19-17-45)33(28)35(46)43-36(12-13-36)25-7-3-2-4-8-25/h2-9,20-22,27H,10-19,23H2,1H3,(H,43,46). The lowest BCUT2D eigenvalue weighted by atomic mass is 9.93. The molecule has 0 bridgehead atoms. The number of hydrogen-bond acceptors (Lipinski definition) is 6. The van der Waals surface area contributed by atoms with Gasteiger partial charge in [-0.1, -0.05) is 54.1 Å². The zero-order valence-corrected chi connectivity index (χ0v) is 27.5. The van der Waals surface area contributed by atoms with Gasteiger partial charge in [0, 0.05) is 42.2 Å². The van der Waals surface area contributed by atoms with Crippen molar-refractivity contribution >= 4 is 28.4 Å². The molecule has 7 rings (SSSR count). The molecule has 1 aromatic heterocycles. The highest BCUT2D eigenvalue weighted by atomic mass is 35.5. The second-order valence-electron chi connectivity index (χ2n) is 13.0. The highest BCUT2D eigenvalue weighted by Gasteiger charge is 2.46. The first-order valence-electron chi connectivity index (χ1n) is 16.5. The van der Waals surface area contributed by atoms with Gasteiger partial charge in [-0.05, 0) is 68.6 Å². The van der Waals surface area contributed by atoms with Gasteiger partial charge in [0.05, 0.1) is 53.2 Å². The predicted octanol–water partition coefficient (Wildman–Crippen LogP) is 7.30. The van der Waals surface area contributed by atoms with Gasteiger partial charge >= 0.3 is 6.18 Å². The Hall–Kier alpha value is -3.70. The Kier molecular flexibility index (Phi) is 9.10. The number of rotatable bonds is 8. The molecule has 0 radical (unpaired) electrons. The number of benzene rings is 3. The van der Waals surface area contributed by atoms with E-state index in [9.17, 15) is 18.0 Å². The first-order chi connectivity index (χ1) is 23.1.